The summed E-state index contributed by atoms with van der Waals surface area (Å²) in [5.74, 6) is -1.37. The first-order valence-corrected chi connectivity index (χ1v) is 6.29. The highest BCUT2D eigenvalue weighted by atomic mass is 16.5. The maximum absolute atomic E-state index is 11.4. The van der Waals surface area contributed by atoms with E-state index in [4.69, 9.17) is 25.1 Å². The molecule has 0 fully saturated rings. The fourth-order valence-electron chi connectivity index (χ4n) is 1.90. The number of aliphatic carboxylic acids is 1. The van der Waals surface area contributed by atoms with Crippen LogP contribution in [-0.4, -0.2) is 53.2 Å². The van der Waals surface area contributed by atoms with Gasteiger partial charge < -0.3 is 25.1 Å². The Morgan fingerprint density at radius 1 is 1.22 bits per heavy atom. The fraction of sp³-hybridized carbons (Fsp3) is 0.231. The molecule has 0 aliphatic rings. The first-order chi connectivity index (χ1) is 11.0. The maximum atomic E-state index is 11.4. The molecule has 10 nitrogen and oxygen atoms in total. The van der Waals surface area contributed by atoms with E-state index in [2.05, 4.69) is 15.4 Å². The lowest BCUT2D eigenvalue weighted by molar-refractivity contribution is -0.139. The van der Waals surface area contributed by atoms with Gasteiger partial charge in [0.05, 0.1) is 14.2 Å². The molecule has 23 heavy (non-hydrogen) atoms. The van der Waals surface area contributed by atoms with Crippen molar-refractivity contribution in [2.24, 2.45) is 5.73 Å². The number of carboxylic acids is 1. The number of rotatable bonds is 7. The van der Waals surface area contributed by atoms with Gasteiger partial charge in [-0.1, -0.05) is 0 Å². The number of primary amides is 1. The van der Waals surface area contributed by atoms with Crippen LogP contribution in [-0.2, 0) is 4.79 Å². The summed E-state index contributed by atoms with van der Waals surface area (Å²) in [7, 11) is 2.76. The smallest absolute Gasteiger partial charge is 0.341 e. The van der Waals surface area contributed by atoms with Crippen molar-refractivity contribution < 1.29 is 28.9 Å². The molecule has 4 N–H and O–H groups in total. The fourth-order valence-corrected chi connectivity index (χ4v) is 1.90. The van der Waals surface area contributed by atoms with Gasteiger partial charge in [-0.15, -0.1) is 0 Å². The second kappa shape index (κ2) is 6.64. The molecule has 122 valence electrons. The predicted molar refractivity (Wildman–Crippen MR) is 76.6 cm³/mol. The highest BCUT2D eigenvalue weighted by Crippen LogP contribution is 2.41. The zero-order valence-corrected chi connectivity index (χ0v) is 12.3. The van der Waals surface area contributed by atoms with Crippen molar-refractivity contribution in [3.8, 4) is 28.5 Å². The molecular formula is C13H14N4O6. The van der Waals surface area contributed by atoms with Crippen molar-refractivity contribution >= 4 is 11.9 Å². The van der Waals surface area contributed by atoms with Gasteiger partial charge in [-0.25, -0.2) is 4.79 Å². The van der Waals surface area contributed by atoms with Crippen molar-refractivity contribution in [1.29, 1.82) is 0 Å². The van der Waals surface area contributed by atoms with Gasteiger partial charge in [-0.05, 0) is 12.1 Å². The summed E-state index contributed by atoms with van der Waals surface area (Å²) in [4.78, 5) is 22.0. The van der Waals surface area contributed by atoms with Gasteiger partial charge in [-0.3, -0.25) is 4.79 Å². The molecule has 0 saturated carbocycles. The molecule has 0 atom stereocenters. The van der Waals surface area contributed by atoms with Crippen LogP contribution in [0.3, 0.4) is 0 Å². The van der Waals surface area contributed by atoms with Crippen molar-refractivity contribution in [2.45, 2.75) is 0 Å². The van der Waals surface area contributed by atoms with E-state index in [1.54, 1.807) is 0 Å². The van der Waals surface area contributed by atoms with E-state index >= 15 is 0 Å². The van der Waals surface area contributed by atoms with E-state index in [-0.39, 0.29) is 28.6 Å². The molecular weight excluding hydrogens is 308 g/mol. The summed E-state index contributed by atoms with van der Waals surface area (Å²) >= 11 is 0. The zero-order valence-electron chi connectivity index (χ0n) is 12.3. The van der Waals surface area contributed by atoms with Crippen LogP contribution >= 0.6 is 0 Å². The molecule has 1 amide bonds. The summed E-state index contributed by atoms with van der Waals surface area (Å²) in [6.07, 6.45) is 0. The minimum Gasteiger partial charge on any atom is -0.493 e. The van der Waals surface area contributed by atoms with Crippen LogP contribution in [0.15, 0.2) is 12.1 Å². The molecule has 1 heterocycles. The van der Waals surface area contributed by atoms with Gasteiger partial charge in [0.15, 0.2) is 23.8 Å². The lowest BCUT2D eigenvalue weighted by Gasteiger charge is -2.14. The highest BCUT2D eigenvalue weighted by Gasteiger charge is 2.21. The van der Waals surface area contributed by atoms with E-state index in [1.165, 1.54) is 26.4 Å². The van der Waals surface area contributed by atoms with E-state index < -0.39 is 18.5 Å². The third-order valence-electron chi connectivity index (χ3n) is 2.86. The van der Waals surface area contributed by atoms with Gasteiger partial charge in [0.2, 0.25) is 5.75 Å². The molecule has 2 aromatic rings. The summed E-state index contributed by atoms with van der Waals surface area (Å²) in [5, 5.41) is 18.6. The lowest BCUT2D eigenvalue weighted by atomic mass is 10.1. The van der Waals surface area contributed by atoms with E-state index in [1.807, 2.05) is 0 Å². The normalized spacial score (nSPS) is 10.2. The van der Waals surface area contributed by atoms with Crippen molar-refractivity contribution in [3.05, 3.63) is 17.8 Å². The van der Waals surface area contributed by atoms with Crippen LogP contribution in [0.5, 0.6) is 17.2 Å². The Bertz CT molecular complexity index is 717. The number of benzene rings is 1. The first-order valence-electron chi connectivity index (χ1n) is 6.29. The number of nitrogens with two attached hydrogens (primary N) is 1. The van der Waals surface area contributed by atoms with Crippen LogP contribution in [0.1, 0.15) is 10.5 Å². The van der Waals surface area contributed by atoms with Crippen molar-refractivity contribution in [3.63, 3.8) is 0 Å². The summed E-state index contributed by atoms with van der Waals surface area (Å²) in [6.45, 7) is -0.567. The third kappa shape index (κ3) is 3.31. The van der Waals surface area contributed by atoms with Crippen molar-refractivity contribution in [2.75, 3.05) is 20.8 Å². The average molecular weight is 322 g/mol. The van der Waals surface area contributed by atoms with Crippen LogP contribution in [0.2, 0.25) is 0 Å². The van der Waals surface area contributed by atoms with E-state index in [9.17, 15) is 9.59 Å². The average Bonchev–Trinajstić information content (AvgIpc) is 3.01. The lowest BCUT2D eigenvalue weighted by Crippen LogP contribution is -2.13. The maximum Gasteiger partial charge on any atom is 0.341 e. The minimum absolute atomic E-state index is 0.0479. The second-order valence-electron chi connectivity index (χ2n) is 4.28. The van der Waals surface area contributed by atoms with Gasteiger partial charge in [-0.2, -0.15) is 15.4 Å². The number of nitrogens with zero attached hydrogens (tertiary/aromatic N) is 2. The number of hydrogen-bond donors (Lipinski definition) is 3. The van der Waals surface area contributed by atoms with E-state index in [0.717, 1.165) is 0 Å². The predicted octanol–water partition coefficient (Wildman–Crippen LogP) is 0.0512. The molecule has 0 radical (unpaired) electrons. The SMILES string of the molecule is COc1cc(-c2n[nH]nc2C(N)=O)cc(OC)c1OCC(=O)O. The standard InChI is InChI=1S/C13H14N4O6/c1-21-7-3-6(10-11(13(14)20)16-17-15-10)4-8(22-2)12(7)23-5-9(18)19/h3-4H,5H2,1-2H3,(H2,14,20)(H,18,19)(H,15,16,17). The molecule has 0 unspecified atom stereocenters. The largest absolute Gasteiger partial charge is 0.493 e. The Labute approximate surface area is 130 Å². The van der Waals surface area contributed by atoms with Crippen LogP contribution in [0.4, 0.5) is 0 Å². The Morgan fingerprint density at radius 3 is 2.30 bits per heavy atom. The zero-order chi connectivity index (χ0) is 17.0. The monoisotopic (exact) mass is 322 g/mol. The number of amides is 1. The number of H-pyrrole nitrogens is 1. The quantitative estimate of drug-likeness (QED) is 0.647. The number of hydrogen-bond acceptors (Lipinski definition) is 7. The minimum atomic E-state index is -1.15. The second-order valence-corrected chi connectivity index (χ2v) is 4.28. The molecule has 0 saturated heterocycles. The van der Waals surface area contributed by atoms with E-state index in [0.29, 0.717) is 5.56 Å². The highest BCUT2D eigenvalue weighted by molar-refractivity contribution is 5.97. The van der Waals surface area contributed by atoms with Gasteiger partial charge in [0.25, 0.3) is 5.91 Å². The van der Waals surface area contributed by atoms with Crippen LogP contribution in [0.25, 0.3) is 11.3 Å². The molecule has 2 rings (SSSR count). The molecule has 1 aromatic carbocycles. The summed E-state index contributed by atoms with van der Waals surface area (Å²) < 4.78 is 15.5. The number of aromatic nitrogens is 3. The first kappa shape index (κ1) is 16.1. The number of nitrogens with one attached hydrogen (secondary N) is 1. The number of carboxylic acid groups (broad SMARTS) is 1. The Hall–Kier alpha value is -3.30. The number of carbonyl (C=O) groups excluding carboxylic acids is 1. The Kier molecular flexibility index (Phi) is 4.64. The Morgan fingerprint density at radius 2 is 1.83 bits per heavy atom. The number of carbonyl (C=O) groups is 2. The topological polar surface area (TPSA) is 150 Å². The number of methoxy groups -OCH3 is 2. The molecule has 0 bridgehead atoms. The Balaban J connectivity index is 2.53. The number of ether oxygens (including phenoxy) is 3. The summed E-state index contributed by atoms with van der Waals surface area (Å²) in [5.41, 5.74) is 5.83. The van der Waals surface area contributed by atoms with Gasteiger partial charge in [0, 0.05) is 5.56 Å². The molecule has 1 aromatic heterocycles. The number of aromatic amines is 1. The molecule has 0 spiro atoms. The summed E-state index contributed by atoms with van der Waals surface area (Å²) in [6, 6.07) is 3.01. The molecule has 0 aliphatic heterocycles. The molecule has 0 aliphatic carbocycles. The van der Waals surface area contributed by atoms with Gasteiger partial charge >= 0.3 is 5.97 Å². The third-order valence-corrected chi connectivity index (χ3v) is 2.86. The molecule has 10 heteroatoms. The van der Waals surface area contributed by atoms with Crippen LogP contribution < -0.4 is 19.9 Å². The van der Waals surface area contributed by atoms with Gasteiger partial charge in [0.1, 0.15) is 5.69 Å². The van der Waals surface area contributed by atoms with Crippen LogP contribution in [0, 0.1) is 0 Å². The van der Waals surface area contributed by atoms with Crippen molar-refractivity contribution in [1.82, 2.24) is 15.4 Å².